The molecule has 1 saturated heterocycles. The number of anilines is 1. The third-order valence-electron chi connectivity index (χ3n) is 3.96. The van der Waals surface area contributed by atoms with Crippen LogP contribution in [0.1, 0.15) is 13.8 Å². The second-order valence-corrected chi connectivity index (χ2v) is 6.03. The van der Waals surface area contributed by atoms with Gasteiger partial charge in [-0.15, -0.1) is 0 Å². The van der Waals surface area contributed by atoms with Gasteiger partial charge in [0.05, 0.1) is 6.54 Å². The monoisotopic (exact) mass is 291 g/mol. The summed E-state index contributed by atoms with van der Waals surface area (Å²) in [4.78, 5) is 14.4. The molecule has 2 heterocycles. The predicted octanol–water partition coefficient (Wildman–Crippen LogP) is 1.04. The van der Waals surface area contributed by atoms with Crippen molar-refractivity contribution in [2.24, 2.45) is 0 Å². The molecular formula is C15H21N3O3. The van der Waals surface area contributed by atoms with Gasteiger partial charge in [0.1, 0.15) is 0 Å². The lowest BCUT2D eigenvalue weighted by Crippen LogP contribution is -2.59. The Morgan fingerprint density at radius 1 is 1.38 bits per heavy atom. The van der Waals surface area contributed by atoms with Gasteiger partial charge in [0.2, 0.25) is 12.7 Å². The summed E-state index contributed by atoms with van der Waals surface area (Å²) in [6.07, 6.45) is 0. The molecule has 2 aliphatic rings. The molecule has 0 aliphatic carbocycles. The van der Waals surface area contributed by atoms with Crippen molar-refractivity contribution in [3.63, 3.8) is 0 Å². The summed E-state index contributed by atoms with van der Waals surface area (Å²) in [5.41, 5.74) is 0.724. The van der Waals surface area contributed by atoms with Crippen LogP contribution < -0.4 is 20.1 Å². The molecule has 0 aromatic heterocycles. The summed E-state index contributed by atoms with van der Waals surface area (Å²) < 4.78 is 10.6. The van der Waals surface area contributed by atoms with E-state index in [9.17, 15) is 4.79 Å². The van der Waals surface area contributed by atoms with Gasteiger partial charge in [-0.3, -0.25) is 9.69 Å². The maximum Gasteiger partial charge on any atom is 0.238 e. The molecule has 0 unspecified atom stereocenters. The number of nitrogens with one attached hydrogen (secondary N) is 2. The minimum absolute atomic E-state index is 0.00945. The second kappa shape index (κ2) is 5.54. The van der Waals surface area contributed by atoms with Gasteiger partial charge in [-0.25, -0.2) is 0 Å². The van der Waals surface area contributed by atoms with Gasteiger partial charge in [-0.05, 0) is 26.0 Å². The Morgan fingerprint density at radius 2 is 2.19 bits per heavy atom. The summed E-state index contributed by atoms with van der Waals surface area (Å²) >= 11 is 0. The molecule has 6 heteroatoms. The van der Waals surface area contributed by atoms with E-state index >= 15 is 0 Å². The van der Waals surface area contributed by atoms with Crippen molar-refractivity contribution < 1.29 is 14.3 Å². The number of benzene rings is 1. The Hall–Kier alpha value is -1.79. The second-order valence-electron chi connectivity index (χ2n) is 6.03. The number of hydrogen-bond donors (Lipinski definition) is 2. The van der Waals surface area contributed by atoms with E-state index in [-0.39, 0.29) is 18.2 Å². The summed E-state index contributed by atoms with van der Waals surface area (Å²) in [7, 11) is 0. The van der Waals surface area contributed by atoms with Crippen LogP contribution in [0.2, 0.25) is 0 Å². The number of fused-ring (bicyclic) bond motifs is 1. The van der Waals surface area contributed by atoms with Gasteiger partial charge in [-0.2, -0.15) is 0 Å². The summed E-state index contributed by atoms with van der Waals surface area (Å²) in [5, 5.41) is 6.27. The zero-order valence-corrected chi connectivity index (χ0v) is 12.4. The Kier molecular flexibility index (Phi) is 3.73. The number of hydrogen-bond acceptors (Lipinski definition) is 5. The molecule has 3 rings (SSSR count). The fraction of sp³-hybridized carbons (Fsp3) is 0.533. The van der Waals surface area contributed by atoms with Gasteiger partial charge >= 0.3 is 0 Å². The fourth-order valence-electron chi connectivity index (χ4n) is 2.66. The summed E-state index contributed by atoms with van der Waals surface area (Å²) in [5.74, 6) is 1.38. The van der Waals surface area contributed by atoms with Gasteiger partial charge in [0, 0.05) is 36.9 Å². The number of carbonyl (C=O) groups excluding carboxylic acids is 1. The Balaban J connectivity index is 1.61. The van der Waals surface area contributed by atoms with Crippen molar-refractivity contribution in [2.75, 3.05) is 38.3 Å². The smallest absolute Gasteiger partial charge is 0.238 e. The highest BCUT2D eigenvalue weighted by atomic mass is 16.7. The number of rotatable bonds is 3. The SMILES string of the molecule is CC1(C)CNCCN1CC(=O)Nc1ccc2c(c1)OCO2. The molecule has 1 fully saturated rings. The molecular weight excluding hydrogens is 270 g/mol. The zero-order chi connectivity index (χ0) is 14.9. The topological polar surface area (TPSA) is 62.8 Å². The minimum atomic E-state index is -0.0103. The van der Waals surface area contributed by atoms with Crippen LogP contribution in [0, 0.1) is 0 Å². The van der Waals surface area contributed by atoms with Crippen LogP contribution in [0.5, 0.6) is 11.5 Å². The van der Waals surface area contributed by atoms with Crippen LogP contribution in [-0.4, -0.2) is 49.3 Å². The normalized spacial score (nSPS) is 20.3. The first-order chi connectivity index (χ1) is 10.0. The zero-order valence-electron chi connectivity index (χ0n) is 12.4. The quantitative estimate of drug-likeness (QED) is 0.871. The van der Waals surface area contributed by atoms with Crippen molar-refractivity contribution in [2.45, 2.75) is 19.4 Å². The Bertz CT molecular complexity index is 545. The standard InChI is InChI=1S/C15H21N3O3/c1-15(2)9-16-5-6-18(15)8-14(19)17-11-3-4-12-13(7-11)21-10-20-12/h3-4,7,16H,5-6,8-10H2,1-2H3,(H,17,19). The van der Waals surface area contributed by atoms with Crippen LogP contribution in [0.3, 0.4) is 0 Å². The van der Waals surface area contributed by atoms with Gasteiger partial charge in [0.15, 0.2) is 11.5 Å². The predicted molar refractivity (Wildman–Crippen MR) is 79.7 cm³/mol. The molecule has 2 aliphatic heterocycles. The molecule has 0 atom stereocenters. The molecule has 0 saturated carbocycles. The Morgan fingerprint density at radius 3 is 3.00 bits per heavy atom. The number of nitrogens with zero attached hydrogens (tertiary/aromatic N) is 1. The first-order valence-corrected chi connectivity index (χ1v) is 7.20. The molecule has 114 valence electrons. The largest absolute Gasteiger partial charge is 0.454 e. The Labute approximate surface area is 124 Å². The van der Waals surface area contributed by atoms with Gasteiger partial charge in [-0.1, -0.05) is 0 Å². The average Bonchev–Trinajstić information content (AvgIpc) is 2.88. The summed E-state index contributed by atoms with van der Waals surface area (Å²) in [6.45, 7) is 7.61. The van der Waals surface area contributed by atoms with Crippen LogP contribution >= 0.6 is 0 Å². The third-order valence-corrected chi connectivity index (χ3v) is 3.96. The highest BCUT2D eigenvalue weighted by Gasteiger charge is 2.30. The minimum Gasteiger partial charge on any atom is -0.454 e. The molecule has 1 aromatic rings. The highest BCUT2D eigenvalue weighted by molar-refractivity contribution is 5.92. The molecule has 0 spiro atoms. The van der Waals surface area contributed by atoms with Crippen molar-refractivity contribution in [3.05, 3.63) is 18.2 Å². The molecule has 6 nitrogen and oxygen atoms in total. The molecule has 21 heavy (non-hydrogen) atoms. The maximum atomic E-state index is 12.2. The number of piperazine rings is 1. The van der Waals surface area contributed by atoms with E-state index in [1.165, 1.54) is 0 Å². The fourth-order valence-corrected chi connectivity index (χ4v) is 2.66. The lowest BCUT2D eigenvalue weighted by atomic mass is 10.0. The number of amides is 1. The van der Waals surface area contributed by atoms with E-state index in [0.717, 1.165) is 31.1 Å². The van der Waals surface area contributed by atoms with Crippen LogP contribution in [0.25, 0.3) is 0 Å². The first-order valence-electron chi connectivity index (χ1n) is 7.20. The molecule has 1 aromatic carbocycles. The first kappa shape index (κ1) is 14.2. The van der Waals surface area contributed by atoms with E-state index in [4.69, 9.17) is 9.47 Å². The van der Waals surface area contributed by atoms with E-state index in [2.05, 4.69) is 29.4 Å². The highest BCUT2D eigenvalue weighted by Crippen LogP contribution is 2.34. The molecule has 2 N–H and O–H groups in total. The van der Waals surface area contributed by atoms with E-state index < -0.39 is 0 Å². The summed E-state index contributed by atoms with van der Waals surface area (Å²) in [6, 6.07) is 5.43. The van der Waals surface area contributed by atoms with Gasteiger partial charge in [0.25, 0.3) is 0 Å². The van der Waals surface area contributed by atoms with Crippen LogP contribution in [0.15, 0.2) is 18.2 Å². The lowest BCUT2D eigenvalue weighted by molar-refractivity contribution is -0.119. The maximum absolute atomic E-state index is 12.2. The van der Waals surface area contributed by atoms with Gasteiger partial charge < -0.3 is 20.1 Å². The van der Waals surface area contributed by atoms with E-state index in [0.29, 0.717) is 12.3 Å². The number of carbonyl (C=O) groups is 1. The van der Waals surface area contributed by atoms with E-state index in [1.54, 1.807) is 6.07 Å². The van der Waals surface area contributed by atoms with Crippen LogP contribution in [0.4, 0.5) is 5.69 Å². The molecule has 0 bridgehead atoms. The van der Waals surface area contributed by atoms with Crippen molar-refractivity contribution >= 4 is 11.6 Å². The van der Waals surface area contributed by atoms with Crippen molar-refractivity contribution in [1.82, 2.24) is 10.2 Å². The van der Waals surface area contributed by atoms with Crippen LogP contribution in [-0.2, 0) is 4.79 Å². The average molecular weight is 291 g/mol. The van der Waals surface area contributed by atoms with Crippen molar-refractivity contribution in [3.8, 4) is 11.5 Å². The molecule has 1 amide bonds. The third kappa shape index (κ3) is 3.11. The molecule has 0 radical (unpaired) electrons. The lowest BCUT2D eigenvalue weighted by Gasteiger charge is -2.42. The van der Waals surface area contributed by atoms with E-state index in [1.807, 2.05) is 12.1 Å². The van der Waals surface area contributed by atoms with Crippen molar-refractivity contribution in [1.29, 1.82) is 0 Å². The number of ether oxygens (including phenoxy) is 2.